The van der Waals surface area contributed by atoms with Gasteiger partial charge in [-0.05, 0) is 44.7 Å². The highest BCUT2D eigenvalue weighted by molar-refractivity contribution is 4.95. The first-order valence-electron chi connectivity index (χ1n) is 7.06. The minimum atomic E-state index is -0.381. The number of hydrogen-bond acceptors (Lipinski definition) is 2. The predicted octanol–water partition coefficient (Wildman–Crippen LogP) is 2.66. The van der Waals surface area contributed by atoms with Gasteiger partial charge in [0.2, 0.25) is 0 Å². The van der Waals surface area contributed by atoms with Gasteiger partial charge in [-0.3, -0.25) is 0 Å². The average Bonchev–Trinajstić information content (AvgIpc) is 2.29. The van der Waals surface area contributed by atoms with E-state index in [4.69, 9.17) is 0 Å². The summed E-state index contributed by atoms with van der Waals surface area (Å²) in [7, 11) is 2.15. The number of nitrogens with zero attached hydrogens (tertiary/aromatic N) is 1. The van der Waals surface area contributed by atoms with Gasteiger partial charge >= 0.3 is 0 Å². The summed E-state index contributed by atoms with van der Waals surface area (Å²) in [6, 6.07) is 0. The molecule has 16 heavy (non-hydrogen) atoms. The highest BCUT2D eigenvalue weighted by Gasteiger charge is 2.43. The summed E-state index contributed by atoms with van der Waals surface area (Å²) in [5, 5.41) is 10.9. The van der Waals surface area contributed by atoms with Crippen molar-refractivity contribution in [3.8, 4) is 0 Å². The molecular weight excluding hydrogens is 198 g/mol. The number of likely N-dealkylation sites (tertiary alicyclic amines) is 1. The second-order valence-corrected chi connectivity index (χ2v) is 6.00. The average molecular weight is 225 g/mol. The van der Waals surface area contributed by atoms with Crippen LogP contribution in [0.4, 0.5) is 0 Å². The third-order valence-electron chi connectivity index (χ3n) is 4.82. The van der Waals surface area contributed by atoms with Crippen molar-refractivity contribution >= 4 is 0 Å². The maximum atomic E-state index is 10.9. The quantitative estimate of drug-likeness (QED) is 0.781. The Bertz CT molecular complexity index is 231. The third-order valence-corrected chi connectivity index (χ3v) is 4.82. The molecule has 1 saturated heterocycles. The zero-order valence-electron chi connectivity index (χ0n) is 10.9. The summed E-state index contributed by atoms with van der Waals surface area (Å²) in [6.07, 6.45) is 8.74. The summed E-state index contributed by atoms with van der Waals surface area (Å²) in [5.41, 5.74) is -0.381. The van der Waals surface area contributed by atoms with Crippen molar-refractivity contribution in [1.29, 1.82) is 0 Å². The molecule has 2 heteroatoms. The number of rotatable bonds is 2. The molecule has 2 rings (SSSR count). The molecule has 1 heterocycles. The second kappa shape index (κ2) is 5.05. The summed E-state index contributed by atoms with van der Waals surface area (Å²) in [6.45, 7) is 4.35. The van der Waals surface area contributed by atoms with E-state index in [1.165, 1.54) is 38.5 Å². The van der Waals surface area contributed by atoms with Crippen LogP contribution in [0, 0.1) is 11.8 Å². The van der Waals surface area contributed by atoms with E-state index in [0.717, 1.165) is 25.4 Å². The Balaban J connectivity index is 2.07. The predicted molar refractivity (Wildman–Crippen MR) is 67.4 cm³/mol. The molecule has 1 aliphatic heterocycles. The van der Waals surface area contributed by atoms with Gasteiger partial charge in [0.15, 0.2) is 0 Å². The molecule has 2 fully saturated rings. The Kier molecular flexibility index (Phi) is 3.91. The highest BCUT2D eigenvalue weighted by atomic mass is 16.3. The zero-order chi connectivity index (χ0) is 11.6. The summed E-state index contributed by atoms with van der Waals surface area (Å²) in [4.78, 5) is 2.31. The van der Waals surface area contributed by atoms with Crippen LogP contribution in [-0.2, 0) is 0 Å². The van der Waals surface area contributed by atoms with Gasteiger partial charge in [0, 0.05) is 6.54 Å². The van der Waals surface area contributed by atoms with Crippen molar-refractivity contribution in [2.75, 3.05) is 20.1 Å². The van der Waals surface area contributed by atoms with E-state index < -0.39 is 0 Å². The summed E-state index contributed by atoms with van der Waals surface area (Å²) >= 11 is 0. The van der Waals surface area contributed by atoms with E-state index in [2.05, 4.69) is 18.9 Å². The SMILES string of the molecule is CCC1CCCCC1C1(O)CCCN(C)C1. The molecule has 0 aromatic carbocycles. The van der Waals surface area contributed by atoms with E-state index in [1.54, 1.807) is 0 Å². The molecule has 94 valence electrons. The number of likely N-dealkylation sites (N-methyl/N-ethyl adjacent to an activating group) is 1. The minimum Gasteiger partial charge on any atom is -0.388 e. The second-order valence-electron chi connectivity index (χ2n) is 6.00. The topological polar surface area (TPSA) is 23.5 Å². The van der Waals surface area contributed by atoms with Crippen LogP contribution in [0.2, 0.25) is 0 Å². The fourth-order valence-electron chi connectivity index (χ4n) is 3.99. The van der Waals surface area contributed by atoms with Gasteiger partial charge < -0.3 is 10.0 Å². The first-order chi connectivity index (χ1) is 7.65. The van der Waals surface area contributed by atoms with Crippen molar-refractivity contribution in [3.05, 3.63) is 0 Å². The van der Waals surface area contributed by atoms with E-state index in [0.29, 0.717) is 5.92 Å². The Morgan fingerprint density at radius 2 is 2.00 bits per heavy atom. The lowest BCUT2D eigenvalue weighted by molar-refractivity contribution is -0.0980. The van der Waals surface area contributed by atoms with Crippen molar-refractivity contribution in [2.45, 2.75) is 57.5 Å². The summed E-state index contributed by atoms with van der Waals surface area (Å²) < 4.78 is 0. The first-order valence-corrected chi connectivity index (χ1v) is 7.06. The van der Waals surface area contributed by atoms with Gasteiger partial charge in [-0.1, -0.05) is 32.6 Å². The van der Waals surface area contributed by atoms with Crippen LogP contribution >= 0.6 is 0 Å². The van der Waals surface area contributed by atoms with E-state index in [9.17, 15) is 5.11 Å². The normalized spacial score (nSPS) is 42.2. The monoisotopic (exact) mass is 225 g/mol. The van der Waals surface area contributed by atoms with Crippen LogP contribution in [0.5, 0.6) is 0 Å². The first kappa shape index (κ1) is 12.4. The number of aliphatic hydroxyl groups is 1. The molecule has 0 bridgehead atoms. The lowest BCUT2D eigenvalue weighted by Crippen LogP contribution is -2.53. The van der Waals surface area contributed by atoms with Gasteiger partial charge in [0.25, 0.3) is 0 Å². The Morgan fingerprint density at radius 1 is 1.25 bits per heavy atom. The Hall–Kier alpha value is -0.0800. The lowest BCUT2D eigenvalue weighted by atomic mass is 9.66. The van der Waals surface area contributed by atoms with Crippen LogP contribution in [0.15, 0.2) is 0 Å². The van der Waals surface area contributed by atoms with Crippen molar-refractivity contribution in [1.82, 2.24) is 4.90 Å². The molecule has 0 spiro atoms. The van der Waals surface area contributed by atoms with Gasteiger partial charge in [-0.25, -0.2) is 0 Å². The molecule has 1 saturated carbocycles. The fourth-order valence-corrected chi connectivity index (χ4v) is 3.99. The Morgan fingerprint density at radius 3 is 2.69 bits per heavy atom. The maximum absolute atomic E-state index is 10.9. The van der Waals surface area contributed by atoms with Crippen molar-refractivity contribution < 1.29 is 5.11 Å². The van der Waals surface area contributed by atoms with E-state index >= 15 is 0 Å². The van der Waals surface area contributed by atoms with Gasteiger partial charge in [0.05, 0.1) is 5.60 Å². The largest absolute Gasteiger partial charge is 0.388 e. The van der Waals surface area contributed by atoms with E-state index in [-0.39, 0.29) is 5.60 Å². The smallest absolute Gasteiger partial charge is 0.0805 e. The molecule has 3 atom stereocenters. The van der Waals surface area contributed by atoms with Crippen LogP contribution < -0.4 is 0 Å². The number of hydrogen-bond donors (Lipinski definition) is 1. The molecule has 1 aliphatic carbocycles. The minimum absolute atomic E-state index is 0.381. The summed E-state index contributed by atoms with van der Waals surface area (Å²) in [5.74, 6) is 1.33. The zero-order valence-corrected chi connectivity index (χ0v) is 10.9. The van der Waals surface area contributed by atoms with Crippen LogP contribution in [-0.4, -0.2) is 35.7 Å². The van der Waals surface area contributed by atoms with Crippen LogP contribution in [0.25, 0.3) is 0 Å². The highest BCUT2D eigenvalue weighted by Crippen LogP contribution is 2.42. The van der Waals surface area contributed by atoms with Gasteiger partial charge in [-0.2, -0.15) is 0 Å². The lowest BCUT2D eigenvalue weighted by Gasteiger charge is -2.47. The van der Waals surface area contributed by atoms with Gasteiger partial charge in [0.1, 0.15) is 0 Å². The Labute approximate surface area is 100 Å². The molecule has 0 radical (unpaired) electrons. The maximum Gasteiger partial charge on any atom is 0.0805 e. The fraction of sp³-hybridized carbons (Fsp3) is 1.00. The van der Waals surface area contributed by atoms with Crippen molar-refractivity contribution in [3.63, 3.8) is 0 Å². The number of piperidine rings is 1. The molecule has 2 nitrogen and oxygen atoms in total. The van der Waals surface area contributed by atoms with E-state index in [1.807, 2.05) is 0 Å². The molecular formula is C14H27NO. The third kappa shape index (κ3) is 2.43. The standard InChI is InChI=1S/C14H27NO/c1-3-12-7-4-5-8-13(12)14(16)9-6-10-15(2)11-14/h12-13,16H,3-11H2,1-2H3. The van der Waals surface area contributed by atoms with Gasteiger partial charge in [-0.15, -0.1) is 0 Å². The molecule has 1 N–H and O–H groups in total. The molecule has 0 aromatic heterocycles. The van der Waals surface area contributed by atoms with Crippen LogP contribution in [0.3, 0.4) is 0 Å². The molecule has 3 unspecified atom stereocenters. The molecule has 2 aliphatic rings. The molecule has 0 amide bonds. The molecule has 0 aromatic rings. The van der Waals surface area contributed by atoms with Crippen LogP contribution in [0.1, 0.15) is 51.9 Å². The van der Waals surface area contributed by atoms with Crippen molar-refractivity contribution in [2.24, 2.45) is 11.8 Å². The number of β-amino-alcohol motifs (C(OH)–C–C–N with tert-alkyl or cyclic N) is 1.